The first-order chi connectivity index (χ1) is 16.1. The van der Waals surface area contributed by atoms with Crippen LogP contribution in [0.5, 0.6) is 0 Å². The number of hydrogen-bond donors (Lipinski definition) is 0. The van der Waals surface area contributed by atoms with E-state index < -0.39 is 35.0 Å². The van der Waals surface area contributed by atoms with Crippen molar-refractivity contribution in [2.45, 2.75) is 12.4 Å². The molecule has 12 heteroatoms. The Hall–Kier alpha value is -4.58. The molecule has 2 aromatic carbocycles. The molecule has 1 aliphatic rings. The van der Waals surface area contributed by atoms with Crippen molar-refractivity contribution < 1.29 is 26.3 Å². The van der Waals surface area contributed by atoms with E-state index in [9.17, 15) is 26.3 Å². The van der Waals surface area contributed by atoms with Gasteiger partial charge in [0.2, 0.25) is 6.19 Å². The molecule has 0 radical (unpaired) electrons. The molecule has 3 aromatic rings. The molecule has 6 nitrogen and oxygen atoms in total. The molecule has 0 spiro atoms. The Morgan fingerprint density at radius 3 is 1.91 bits per heavy atom. The van der Waals surface area contributed by atoms with Crippen molar-refractivity contribution in [3.8, 4) is 17.5 Å². The maximum Gasteiger partial charge on any atom is 0.435 e. The van der Waals surface area contributed by atoms with Gasteiger partial charge in [0.15, 0.2) is 11.4 Å². The minimum atomic E-state index is -5.05. The quantitative estimate of drug-likeness (QED) is 0.160. The first-order valence-electron chi connectivity index (χ1n) is 9.25. The Labute approximate surface area is 187 Å². The number of rotatable bonds is 1. The van der Waals surface area contributed by atoms with Gasteiger partial charge < -0.3 is 0 Å². The molecule has 1 heterocycles. The van der Waals surface area contributed by atoms with Crippen molar-refractivity contribution in [3.63, 3.8) is 0 Å². The molecule has 0 bridgehead atoms. The van der Waals surface area contributed by atoms with Gasteiger partial charge in [0, 0.05) is 16.7 Å². The Bertz CT molecular complexity index is 1440. The molecule has 1 aromatic heterocycles. The highest BCUT2D eigenvalue weighted by Gasteiger charge is 2.41. The van der Waals surface area contributed by atoms with Crippen LogP contribution in [0, 0.1) is 18.0 Å². The van der Waals surface area contributed by atoms with Crippen molar-refractivity contribution in [3.05, 3.63) is 93.8 Å². The van der Waals surface area contributed by atoms with Crippen LogP contribution in [0.25, 0.3) is 16.2 Å². The summed E-state index contributed by atoms with van der Waals surface area (Å²) in [6, 6.07) is 9.09. The van der Waals surface area contributed by atoms with E-state index in [-0.39, 0.29) is 33.8 Å². The van der Waals surface area contributed by atoms with Gasteiger partial charge in [0.05, 0.1) is 10.7 Å². The fourth-order valence-electron chi connectivity index (χ4n) is 3.45. The van der Waals surface area contributed by atoms with Crippen LogP contribution < -0.4 is 0 Å². The molecule has 0 fully saturated rings. The van der Waals surface area contributed by atoms with E-state index in [2.05, 4.69) is 25.0 Å². The molecule has 0 aliphatic heterocycles. The molecule has 0 amide bonds. The zero-order valence-electron chi connectivity index (χ0n) is 16.6. The second-order valence-electron chi connectivity index (χ2n) is 6.85. The van der Waals surface area contributed by atoms with Crippen LogP contribution in [-0.4, -0.2) is 21.4 Å². The van der Waals surface area contributed by atoms with E-state index in [1.54, 1.807) is 18.3 Å². The number of nitriles is 1. The Morgan fingerprint density at radius 2 is 1.38 bits per heavy atom. The number of alkyl halides is 6. The summed E-state index contributed by atoms with van der Waals surface area (Å²) in [7, 11) is 0. The maximum absolute atomic E-state index is 14.0. The van der Waals surface area contributed by atoms with Gasteiger partial charge in [-0.1, -0.05) is 36.4 Å². The Balaban J connectivity index is 2.06. The van der Waals surface area contributed by atoms with Gasteiger partial charge in [0.25, 0.3) is 0 Å². The van der Waals surface area contributed by atoms with E-state index in [4.69, 9.17) is 11.8 Å². The van der Waals surface area contributed by atoms with Gasteiger partial charge in [-0.25, -0.2) is 9.97 Å². The highest BCUT2D eigenvalue weighted by atomic mass is 19.4. The number of halogens is 6. The number of fused-ring (bicyclic) bond motifs is 2. The van der Waals surface area contributed by atoms with E-state index in [1.165, 1.54) is 12.1 Å². The smallest absolute Gasteiger partial charge is 0.241 e. The van der Waals surface area contributed by atoms with E-state index in [1.807, 2.05) is 0 Å². The number of aliphatic imine (C=N–C) groups is 1. The molecular formula is C22H8F6N6. The predicted octanol–water partition coefficient (Wildman–Crippen LogP) is 5.48. The summed E-state index contributed by atoms with van der Waals surface area (Å²) in [5.41, 5.74) is -4.06. The average molecular weight is 470 g/mol. The monoisotopic (exact) mass is 470 g/mol. The minimum Gasteiger partial charge on any atom is -0.241 e. The predicted molar refractivity (Wildman–Crippen MR) is 107 cm³/mol. The summed E-state index contributed by atoms with van der Waals surface area (Å²) in [5, 5.41) is 12.8. The molecule has 4 rings (SSSR count). The topological polar surface area (TPSA) is 78.6 Å². The third-order valence-electron chi connectivity index (χ3n) is 4.85. The van der Waals surface area contributed by atoms with Crippen molar-refractivity contribution in [1.29, 1.82) is 5.26 Å². The van der Waals surface area contributed by atoms with Crippen molar-refractivity contribution in [2.75, 3.05) is 0 Å². The summed E-state index contributed by atoms with van der Waals surface area (Å²) in [4.78, 5) is 14.3. The molecule has 168 valence electrons. The van der Waals surface area contributed by atoms with E-state index in [0.29, 0.717) is 12.1 Å². The fraction of sp³-hybridized carbons (Fsp3) is 0.0909. The van der Waals surface area contributed by atoms with Crippen LogP contribution in [-0.2, 0) is 12.4 Å². The maximum atomic E-state index is 14.0. The van der Waals surface area contributed by atoms with Crippen LogP contribution in [0.3, 0.4) is 0 Å². The summed E-state index contributed by atoms with van der Waals surface area (Å²) in [6.07, 6.45) is -8.17. The van der Waals surface area contributed by atoms with Crippen LogP contribution in [0.4, 0.5) is 26.3 Å². The molecular weight excluding hydrogens is 462 g/mol. The van der Waals surface area contributed by atoms with Gasteiger partial charge in [0.1, 0.15) is 22.8 Å². The highest BCUT2D eigenvalue weighted by Crippen LogP contribution is 2.38. The van der Waals surface area contributed by atoms with Crippen LogP contribution in [0.2, 0.25) is 0 Å². The second kappa shape index (κ2) is 8.08. The summed E-state index contributed by atoms with van der Waals surface area (Å²) in [6.45, 7) is 7.07. The van der Waals surface area contributed by atoms with Crippen LogP contribution in [0.1, 0.15) is 33.8 Å². The van der Waals surface area contributed by atoms with Gasteiger partial charge in [-0.2, -0.15) is 43.2 Å². The molecule has 1 aliphatic carbocycles. The molecule has 0 unspecified atom stereocenters. The van der Waals surface area contributed by atoms with Crippen LogP contribution >= 0.6 is 0 Å². The van der Waals surface area contributed by atoms with Crippen molar-refractivity contribution in [1.82, 2.24) is 9.97 Å². The van der Waals surface area contributed by atoms with Gasteiger partial charge in [-0.3, -0.25) is 0 Å². The third-order valence-corrected chi connectivity index (χ3v) is 4.85. The summed E-state index contributed by atoms with van der Waals surface area (Å²) >= 11 is 0. The van der Waals surface area contributed by atoms with Gasteiger partial charge >= 0.3 is 12.4 Å². The lowest BCUT2D eigenvalue weighted by Gasteiger charge is -2.22. The Kier molecular flexibility index (Phi) is 5.37. The fourth-order valence-corrected chi connectivity index (χ4v) is 3.45. The number of aromatic nitrogens is 2. The highest BCUT2D eigenvalue weighted by molar-refractivity contribution is 6.30. The molecule has 0 saturated carbocycles. The largest absolute Gasteiger partial charge is 0.435 e. The van der Waals surface area contributed by atoms with Gasteiger partial charge in [-0.05, 0) is 12.1 Å². The first-order valence-corrected chi connectivity index (χ1v) is 9.25. The molecule has 0 atom stereocenters. The molecule has 0 N–H and O–H groups in total. The lowest BCUT2D eigenvalue weighted by Crippen LogP contribution is -2.27. The van der Waals surface area contributed by atoms with E-state index in [0.717, 1.165) is 12.1 Å². The lowest BCUT2D eigenvalue weighted by molar-refractivity contribution is -0.141. The second-order valence-corrected chi connectivity index (χ2v) is 6.85. The van der Waals surface area contributed by atoms with Crippen LogP contribution in [0.15, 0.2) is 58.6 Å². The van der Waals surface area contributed by atoms with Crippen molar-refractivity contribution >= 4 is 11.4 Å². The molecule has 0 saturated heterocycles. The lowest BCUT2D eigenvalue weighted by atomic mass is 9.88. The SMILES string of the molecule is [C-]#[N+]/N=C1/c2ccccc2C(=NC#N)c2nc(-c3ccc(C(F)(F)F)cc3)c(C(F)(F)F)nc21. The number of nitrogens with zero attached hydrogens (tertiary/aromatic N) is 6. The third kappa shape index (κ3) is 3.86. The number of benzene rings is 2. The average Bonchev–Trinajstić information content (AvgIpc) is 2.79. The summed E-state index contributed by atoms with van der Waals surface area (Å²) < 4.78 is 80.6. The zero-order valence-corrected chi connectivity index (χ0v) is 16.6. The standard InChI is InChI=1S/C22H8F6N6/c1-30-34-17-14-5-3-2-4-13(14)16(31-10-29)18-19(17)33-20(22(26,27)28)15(32-18)11-6-8-12(9-7-11)21(23,24)25/h2-9H/b31-16?,34-17-. The number of hydrogen-bond acceptors (Lipinski definition) is 5. The van der Waals surface area contributed by atoms with E-state index >= 15 is 0 Å². The minimum absolute atomic E-state index is 0.105. The zero-order chi connectivity index (χ0) is 24.7. The first kappa shape index (κ1) is 22.6. The molecule has 34 heavy (non-hydrogen) atoms. The van der Waals surface area contributed by atoms with Gasteiger partial charge in [-0.15, -0.1) is 4.95 Å². The normalized spacial score (nSPS) is 15.4. The Morgan fingerprint density at radius 1 is 0.794 bits per heavy atom. The summed E-state index contributed by atoms with van der Waals surface area (Å²) in [5.74, 6) is 0. The van der Waals surface area contributed by atoms with Crippen molar-refractivity contribution in [2.24, 2.45) is 10.1 Å².